The van der Waals surface area contributed by atoms with Gasteiger partial charge in [-0.15, -0.1) is 0 Å². The van der Waals surface area contributed by atoms with Crippen LogP contribution in [0, 0.1) is 11.3 Å². The highest BCUT2D eigenvalue weighted by Gasteiger charge is 2.16. The molecule has 90 valence electrons. The summed E-state index contributed by atoms with van der Waals surface area (Å²) in [6.45, 7) is 1.65. The number of rotatable bonds is 4. The first-order valence-electron chi connectivity index (χ1n) is 5.06. The van der Waals surface area contributed by atoms with E-state index in [2.05, 4.69) is 0 Å². The number of ether oxygens (including phenoxy) is 2. The van der Waals surface area contributed by atoms with Crippen LogP contribution < -0.4 is 4.74 Å². The van der Waals surface area contributed by atoms with Gasteiger partial charge in [0.25, 0.3) is 0 Å². The molecule has 1 aromatic rings. The molecule has 1 N–H and O–H groups in total. The SMILES string of the molecule is CCOC(=O)c1cc(OC)c(CO)cc1C#N. The van der Waals surface area contributed by atoms with Gasteiger partial charge in [0.05, 0.1) is 31.5 Å². The van der Waals surface area contributed by atoms with Crippen molar-refractivity contribution in [3.05, 3.63) is 28.8 Å². The Morgan fingerprint density at radius 3 is 2.71 bits per heavy atom. The standard InChI is InChI=1S/C12H13NO4/c1-3-17-12(15)10-5-11(16-2)9(7-14)4-8(10)6-13/h4-5,14H,3,7H2,1-2H3. The molecule has 0 aromatic heterocycles. The lowest BCUT2D eigenvalue weighted by molar-refractivity contribution is 0.0525. The molecule has 0 aliphatic heterocycles. The van der Waals surface area contributed by atoms with Crippen LogP contribution in [0.4, 0.5) is 0 Å². The molecule has 0 unspecified atom stereocenters. The summed E-state index contributed by atoms with van der Waals surface area (Å²) in [5.74, 6) is -0.221. The molecule has 0 amide bonds. The lowest BCUT2D eigenvalue weighted by Gasteiger charge is -2.10. The van der Waals surface area contributed by atoms with Crippen LogP contribution in [0.15, 0.2) is 12.1 Å². The van der Waals surface area contributed by atoms with Gasteiger partial charge in [-0.3, -0.25) is 0 Å². The minimum atomic E-state index is -0.577. The average molecular weight is 235 g/mol. The van der Waals surface area contributed by atoms with E-state index in [1.165, 1.54) is 19.2 Å². The smallest absolute Gasteiger partial charge is 0.339 e. The Morgan fingerprint density at radius 1 is 1.53 bits per heavy atom. The Morgan fingerprint density at radius 2 is 2.24 bits per heavy atom. The van der Waals surface area contributed by atoms with Crippen molar-refractivity contribution in [1.29, 1.82) is 5.26 Å². The summed E-state index contributed by atoms with van der Waals surface area (Å²) in [7, 11) is 1.43. The lowest BCUT2D eigenvalue weighted by Crippen LogP contribution is -2.08. The van der Waals surface area contributed by atoms with E-state index in [9.17, 15) is 4.79 Å². The van der Waals surface area contributed by atoms with Crippen molar-refractivity contribution in [3.8, 4) is 11.8 Å². The molecule has 0 aliphatic carbocycles. The molecule has 0 saturated carbocycles. The third-order valence-corrected chi connectivity index (χ3v) is 2.21. The first kappa shape index (κ1) is 13.0. The van der Waals surface area contributed by atoms with E-state index in [-0.39, 0.29) is 24.3 Å². The molecule has 1 aromatic carbocycles. The molecule has 0 spiro atoms. The Bertz CT molecular complexity index is 462. The van der Waals surface area contributed by atoms with Crippen molar-refractivity contribution in [3.63, 3.8) is 0 Å². The number of aliphatic hydroxyl groups excluding tert-OH is 1. The second-order valence-corrected chi connectivity index (χ2v) is 3.20. The van der Waals surface area contributed by atoms with E-state index >= 15 is 0 Å². The number of carbonyl (C=O) groups excluding carboxylic acids is 1. The van der Waals surface area contributed by atoms with Gasteiger partial charge in [0.2, 0.25) is 0 Å². The largest absolute Gasteiger partial charge is 0.496 e. The van der Waals surface area contributed by atoms with Gasteiger partial charge in [0, 0.05) is 5.56 Å². The fraction of sp³-hybridized carbons (Fsp3) is 0.333. The Labute approximate surface area is 99.2 Å². The summed E-state index contributed by atoms with van der Waals surface area (Å²) in [4.78, 5) is 11.6. The molecule has 17 heavy (non-hydrogen) atoms. The molecule has 1 rings (SSSR count). The predicted octanol–water partition coefficient (Wildman–Crippen LogP) is 1.24. The summed E-state index contributed by atoms with van der Waals surface area (Å²) in [6.07, 6.45) is 0. The first-order chi connectivity index (χ1) is 8.17. The third kappa shape index (κ3) is 2.74. The molecule has 0 saturated heterocycles. The number of methoxy groups -OCH3 is 1. The maximum Gasteiger partial charge on any atom is 0.339 e. The van der Waals surface area contributed by atoms with E-state index in [0.717, 1.165) is 0 Å². The van der Waals surface area contributed by atoms with Gasteiger partial charge in [-0.05, 0) is 19.1 Å². The van der Waals surface area contributed by atoms with Crippen molar-refractivity contribution in [2.24, 2.45) is 0 Å². The summed E-state index contributed by atoms with van der Waals surface area (Å²) in [5, 5.41) is 18.0. The van der Waals surface area contributed by atoms with Crippen LogP contribution in [0.25, 0.3) is 0 Å². The summed E-state index contributed by atoms with van der Waals surface area (Å²) in [5.41, 5.74) is 0.758. The van der Waals surface area contributed by atoms with Crippen LogP contribution >= 0.6 is 0 Å². The first-order valence-corrected chi connectivity index (χ1v) is 5.06. The third-order valence-electron chi connectivity index (χ3n) is 2.21. The monoisotopic (exact) mass is 235 g/mol. The van der Waals surface area contributed by atoms with Gasteiger partial charge in [-0.25, -0.2) is 4.79 Å². The van der Waals surface area contributed by atoms with Crippen molar-refractivity contribution >= 4 is 5.97 Å². The average Bonchev–Trinajstić information content (AvgIpc) is 2.37. The normalized spacial score (nSPS) is 9.53. The maximum atomic E-state index is 11.6. The number of hydrogen-bond donors (Lipinski definition) is 1. The van der Waals surface area contributed by atoms with Gasteiger partial charge >= 0.3 is 5.97 Å². The molecule has 5 nitrogen and oxygen atoms in total. The van der Waals surface area contributed by atoms with E-state index in [1.54, 1.807) is 6.92 Å². The number of nitriles is 1. The minimum Gasteiger partial charge on any atom is -0.496 e. The topological polar surface area (TPSA) is 79.6 Å². The highest BCUT2D eigenvalue weighted by Crippen LogP contribution is 2.24. The maximum absolute atomic E-state index is 11.6. The number of benzene rings is 1. The summed E-state index contributed by atoms with van der Waals surface area (Å²) >= 11 is 0. The van der Waals surface area contributed by atoms with Crippen LogP contribution in [-0.4, -0.2) is 24.8 Å². The van der Waals surface area contributed by atoms with E-state index in [4.69, 9.17) is 19.8 Å². The van der Waals surface area contributed by atoms with Crippen LogP contribution in [0.2, 0.25) is 0 Å². The Kier molecular flexibility index (Phi) is 4.49. The van der Waals surface area contributed by atoms with Gasteiger partial charge in [-0.1, -0.05) is 0 Å². The zero-order valence-corrected chi connectivity index (χ0v) is 9.69. The van der Waals surface area contributed by atoms with E-state index < -0.39 is 5.97 Å². The highest BCUT2D eigenvalue weighted by atomic mass is 16.5. The van der Waals surface area contributed by atoms with Crippen LogP contribution in [-0.2, 0) is 11.3 Å². The summed E-state index contributed by atoms with van der Waals surface area (Å²) in [6, 6.07) is 4.72. The van der Waals surface area contributed by atoms with Crippen molar-refractivity contribution in [2.45, 2.75) is 13.5 Å². The second-order valence-electron chi connectivity index (χ2n) is 3.20. The van der Waals surface area contributed by atoms with Crippen LogP contribution in [0.3, 0.4) is 0 Å². The molecule has 0 aliphatic rings. The molecule has 0 bridgehead atoms. The number of esters is 1. The summed E-state index contributed by atoms with van der Waals surface area (Å²) < 4.78 is 9.86. The van der Waals surface area contributed by atoms with E-state index in [1.807, 2.05) is 6.07 Å². The number of hydrogen-bond acceptors (Lipinski definition) is 5. The molecule has 0 atom stereocenters. The number of carbonyl (C=O) groups is 1. The second kappa shape index (κ2) is 5.87. The van der Waals surface area contributed by atoms with Crippen LogP contribution in [0.5, 0.6) is 5.75 Å². The Balaban J connectivity index is 3.29. The molecule has 0 radical (unpaired) electrons. The Hall–Kier alpha value is -2.06. The predicted molar refractivity (Wildman–Crippen MR) is 59.6 cm³/mol. The molecular formula is C12H13NO4. The fourth-order valence-electron chi connectivity index (χ4n) is 1.41. The van der Waals surface area contributed by atoms with Gasteiger partial charge in [0.1, 0.15) is 11.8 Å². The van der Waals surface area contributed by atoms with Gasteiger partial charge in [0.15, 0.2) is 0 Å². The van der Waals surface area contributed by atoms with E-state index in [0.29, 0.717) is 11.3 Å². The lowest BCUT2D eigenvalue weighted by atomic mass is 10.0. The van der Waals surface area contributed by atoms with Crippen molar-refractivity contribution in [2.75, 3.05) is 13.7 Å². The molecule has 0 heterocycles. The van der Waals surface area contributed by atoms with Crippen molar-refractivity contribution < 1.29 is 19.4 Å². The number of aliphatic hydroxyl groups is 1. The van der Waals surface area contributed by atoms with Gasteiger partial charge in [-0.2, -0.15) is 5.26 Å². The van der Waals surface area contributed by atoms with Gasteiger partial charge < -0.3 is 14.6 Å². The zero-order valence-electron chi connectivity index (χ0n) is 9.69. The highest BCUT2D eigenvalue weighted by molar-refractivity contribution is 5.93. The van der Waals surface area contributed by atoms with Crippen molar-refractivity contribution in [1.82, 2.24) is 0 Å². The molecule has 0 fully saturated rings. The fourth-order valence-corrected chi connectivity index (χ4v) is 1.41. The molecular weight excluding hydrogens is 222 g/mol. The zero-order chi connectivity index (χ0) is 12.8. The quantitative estimate of drug-likeness (QED) is 0.794. The van der Waals surface area contributed by atoms with Crippen LogP contribution in [0.1, 0.15) is 28.4 Å². The number of nitrogens with zero attached hydrogens (tertiary/aromatic N) is 1. The molecule has 5 heteroatoms. The minimum absolute atomic E-state index is 0.142.